The predicted molar refractivity (Wildman–Crippen MR) is 87.2 cm³/mol. The van der Waals surface area contributed by atoms with Crippen LogP contribution in [0.2, 0.25) is 0 Å². The Balaban J connectivity index is 1.76. The van der Waals surface area contributed by atoms with Gasteiger partial charge in [0.2, 0.25) is 0 Å². The molecular formula is C19H21NO4. The normalized spacial score (nSPS) is 38.5. The average molecular weight is 327 g/mol. The molecule has 0 saturated carbocycles. The van der Waals surface area contributed by atoms with Crippen LogP contribution in [-0.2, 0) is 16.6 Å². The Labute approximate surface area is 140 Å². The van der Waals surface area contributed by atoms with Crippen LogP contribution in [0.25, 0.3) is 0 Å². The zero-order chi connectivity index (χ0) is 16.6. The summed E-state index contributed by atoms with van der Waals surface area (Å²) in [5.74, 6) is 1.12. The summed E-state index contributed by atoms with van der Waals surface area (Å²) in [5, 5.41) is 10.6. The van der Waals surface area contributed by atoms with Crippen LogP contribution >= 0.6 is 0 Å². The number of nitrogens with zero attached hydrogens (tertiary/aromatic N) is 1. The van der Waals surface area contributed by atoms with Crippen molar-refractivity contribution in [1.82, 2.24) is 4.90 Å². The lowest BCUT2D eigenvalue weighted by atomic mass is 9.53. The quantitative estimate of drug-likeness (QED) is 0.480. The Morgan fingerprint density at radius 2 is 2.25 bits per heavy atom. The minimum atomic E-state index is -0.631. The van der Waals surface area contributed by atoms with E-state index in [1.807, 2.05) is 12.1 Å². The van der Waals surface area contributed by atoms with Crippen molar-refractivity contribution in [2.24, 2.45) is 5.92 Å². The summed E-state index contributed by atoms with van der Waals surface area (Å²) in [4.78, 5) is 13.9. The van der Waals surface area contributed by atoms with Gasteiger partial charge in [-0.3, -0.25) is 4.79 Å². The van der Waals surface area contributed by atoms with E-state index >= 15 is 0 Å². The van der Waals surface area contributed by atoms with Gasteiger partial charge < -0.3 is 19.5 Å². The number of likely N-dealkylation sites (N-methyl/N-ethyl adjacent to an activating group) is 1. The monoisotopic (exact) mass is 327 g/mol. The fraction of sp³-hybridized carbons (Fsp3) is 0.526. The highest BCUT2D eigenvalue weighted by Crippen LogP contribution is 2.62. The Morgan fingerprint density at radius 3 is 3.04 bits per heavy atom. The molecule has 1 N–H and O–H groups in total. The molecule has 1 fully saturated rings. The Kier molecular flexibility index (Phi) is 2.78. The van der Waals surface area contributed by atoms with E-state index in [2.05, 4.69) is 24.1 Å². The van der Waals surface area contributed by atoms with Gasteiger partial charge >= 0.3 is 5.97 Å². The third-order valence-electron chi connectivity index (χ3n) is 6.39. The molecule has 0 aromatic heterocycles. The molecule has 0 radical (unpaired) electrons. The first-order chi connectivity index (χ1) is 11.5. The van der Waals surface area contributed by atoms with E-state index in [0.29, 0.717) is 23.5 Å². The summed E-state index contributed by atoms with van der Waals surface area (Å²) in [6.45, 7) is 2.38. The molecule has 2 heterocycles. The van der Waals surface area contributed by atoms with E-state index in [9.17, 15) is 9.90 Å². The zero-order valence-corrected chi connectivity index (χ0v) is 13.9. The summed E-state index contributed by atoms with van der Waals surface area (Å²) in [6, 6.07) is 4.32. The SMILES string of the molecule is CC(=O)Oc1ccc2c3c1OC1C(O)C=CC4[C@@H](C2)N(C)CC[C@]314. The van der Waals surface area contributed by atoms with Crippen molar-refractivity contribution in [3.05, 3.63) is 35.4 Å². The molecular weight excluding hydrogens is 306 g/mol. The Morgan fingerprint density at radius 1 is 1.42 bits per heavy atom. The van der Waals surface area contributed by atoms with Crippen LogP contribution in [0.5, 0.6) is 11.5 Å². The number of esters is 1. The molecule has 0 amide bonds. The third kappa shape index (κ3) is 1.59. The molecule has 2 bridgehead atoms. The van der Waals surface area contributed by atoms with Gasteiger partial charge in [0.05, 0.1) is 0 Å². The number of hydrogen-bond donors (Lipinski definition) is 1. The number of piperidine rings is 1. The van der Waals surface area contributed by atoms with Gasteiger partial charge in [0.25, 0.3) is 0 Å². The van der Waals surface area contributed by atoms with E-state index < -0.39 is 6.10 Å². The van der Waals surface area contributed by atoms with E-state index in [0.717, 1.165) is 19.4 Å². The molecule has 2 aliphatic heterocycles. The highest BCUT2D eigenvalue weighted by molar-refractivity contribution is 5.72. The molecule has 1 aromatic rings. The molecule has 126 valence electrons. The number of carbonyl (C=O) groups excluding carboxylic acids is 1. The van der Waals surface area contributed by atoms with Crippen LogP contribution in [0.4, 0.5) is 0 Å². The first-order valence-corrected chi connectivity index (χ1v) is 8.60. The lowest BCUT2D eigenvalue weighted by Gasteiger charge is -2.56. The van der Waals surface area contributed by atoms with E-state index in [1.54, 1.807) is 0 Å². The van der Waals surface area contributed by atoms with Gasteiger partial charge in [0.15, 0.2) is 11.5 Å². The van der Waals surface area contributed by atoms with Crippen LogP contribution in [0.15, 0.2) is 24.3 Å². The summed E-state index contributed by atoms with van der Waals surface area (Å²) in [7, 11) is 2.18. The van der Waals surface area contributed by atoms with Crippen molar-refractivity contribution in [2.75, 3.05) is 13.6 Å². The van der Waals surface area contributed by atoms with Crippen molar-refractivity contribution in [1.29, 1.82) is 0 Å². The molecule has 3 unspecified atom stereocenters. The number of rotatable bonds is 1. The Hall–Kier alpha value is -1.85. The zero-order valence-electron chi connectivity index (χ0n) is 13.9. The van der Waals surface area contributed by atoms with Crippen molar-refractivity contribution < 1.29 is 19.4 Å². The van der Waals surface area contributed by atoms with E-state index in [4.69, 9.17) is 9.47 Å². The van der Waals surface area contributed by atoms with Gasteiger partial charge in [-0.1, -0.05) is 18.2 Å². The summed E-state index contributed by atoms with van der Waals surface area (Å²) in [6.07, 6.45) is 5.04. The van der Waals surface area contributed by atoms with Gasteiger partial charge in [-0.2, -0.15) is 0 Å². The lowest BCUT2D eigenvalue weighted by molar-refractivity contribution is -0.132. The van der Waals surface area contributed by atoms with Crippen LogP contribution in [0.1, 0.15) is 24.5 Å². The maximum Gasteiger partial charge on any atom is 0.308 e. The molecule has 5 heteroatoms. The minimum absolute atomic E-state index is 0.204. The van der Waals surface area contributed by atoms with Crippen molar-refractivity contribution in [3.63, 3.8) is 0 Å². The molecule has 1 saturated heterocycles. The first-order valence-electron chi connectivity index (χ1n) is 8.60. The molecule has 1 aromatic carbocycles. The molecule has 5 rings (SSSR count). The van der Waals surface area contributed by atoms with E-state index in [1.165, 1.54) is 18.1 Å². The summed E-state index contributed by atoms with van der Waals surface area (Å²) in [5.41, 5.74) is 2.23. The largest absolute Gasteiger partial charge is 0.482 e. The van der Waals surface area contributed by atoms with Crippen LogP contribution in [0.3, 0.4) is 0 Å². The number of hydrogen-bond acceptors (Lipinski definition) is 5. The first kappa shape index (κ1) is 14.5. The topological polar surface area (TPSA) is 59.0 Å². The van der Waals surface area contributed by atoms with Gasteiger partial charge in [-0.05, 0) is 38.1 Å². The number of carbonyl (C=O) groups is 1. The number of ether oxygens (including phenoxy) is 2. The van der Waals surface area contributed by atoms with Crippen molar-refractivity contribution in [3.8, 4) is 11.5 Å². The second-order valence-corrected chi connectivity index (χ2v) is 7.50. The number of aliphatic hydroxyl groups is 1. The van der Waals surface area contributed by atoms with Gasteiger partial charge in [-0.25, -0.2) is 0 Å². The van der Waals surface area contributed by atoms with Gasteiger partial charge in [0, 0.05) is 29.9 Å². The fourth-order valence-electron chi connectivity index (χ4n) is 5.46. The molecule has 2 aliphatic carbocycles. The standard InChI is InChI=1S/C19H21NO4/c1-10(21)23-15-6-3-11-9-13-12-4-5-14(22)18-19(12,7-8-20(13)2)16(11)17(15)24-18/h3-6,12-14,18,22H,7-9H2,1-2H3/t12?,13-,14?,18?,19+/m1/s1. The minimum Gasteiger partial charge on any atom is -0.482 e. The lowest BCUT2D eigenvalue weighted by Crippen LogP contribution is -2.64. The smallest absolute Gasteiger partial charge is 0.308 e. The van der Waals surface area contributed by atoms with Gasteiger partial charge in [0.1, 0.15) is 12.2 Å². The van der Waals surface area contributed by atoms with Crippen LogP contribution in [0, 0.1) is 5.92 Å². The second-order valence-electron chi connectivity index (χ2n) is 7.50. The van der Waals surface area contributed by atoms with Crippen LogP contribution < -0.4 is 9.47 Å². The number of aliphatic hydroxyl groups excluding tert-OH is 1. The molecule has 4 aliphatic rings. The molecule has 24 heavy (non-hydrogen) atoms. The van der Waals surface area contributed by atoms with Crippen LogP contribution in [-0.4, -0.2) is 47.8 Å². The fourth-order valence-corrected chi connectivity index (χ4v) is 5.46. The third-order valence-corrected chi connectivity index (χ3v) is 6.39. The van der Waals surface area contributed by atoms with E-state index in [-0.39, 0.29) is 17.5 Å². The summed E-state index contributed by atoms with van der Waals surface area (Å²) >= 11 is 0. The Bertz CT molecular complexity index is 773. The summed E-state index contributed by atoms with van der Waals surface area (Å²) < 4.78 is 11.7. The predicted octanol–water partition coefficient (Wildman–Crippen LogP) is 1.42. The molecule has 1 spiro atoms. The van der Waals surface area contributed by atoms with Gasteiger partial charge in [-0.15, -0.1) is 0 Å². The maximum atomic E-state index is 11.5. The average Bonchev–Trinajstić information content (AvgIpc) is 2.89. The second kappa shape index (κ2) is 4.61. The highest BCUT2D eigenvalue weighted by atomic mass is 16.6. The maximum absolute atomic E-state index is 11.5. The number of likely N-dealkylation sites (tertiary alicyclic amines) is 1. The molecule has 5 atom stereocenters. The highest BCUT2D eigenvalue weighted by Gasteiger charge is 2.64. The molecule has 5 nitrogen and oxygen atoms in total. The van der Waals surface area contributed by atoms with Crippen molar-refractivity contribution >= 4 is 5.97 Å². The van der Waals surface area contributed by atoms with Crippen molar-refractivity contribution in [2.45, 2.75) is 43.4 Å². The number of benzene rings is 1.